The summed E-state index contributed by atoms with van der Waals surface area (Å²) in [6.45, 7) is 4.02. The van der Waals surface area contributed by atoms with Gasteiger partial charge in [0.25, 0.3) is 0 Å². The van der Waals surface area contributed by atoms with E-state index in [-0.39, 0.29) is 18.1 Å². The van der Waals surface area contributed by atoms with E-state index in [9.17, 15) is 9.90 Å². The summed E-state index contributed by atoms with van der Waals surface area (Å²) >= 11 is 0. The van der Waals surface area contributed by atoms with Crippen molar-refractivity contribution < 1.29 is 23.9 Å². The van der Waals surface area contributed by atoms with E-state index in [0.717, 1.165) is 12.8 Å². The zero-order chi connectivity index (χ0) is 18.3. The summed E-state index contributed by atoms with van der Waals surface area (Å²) < 4.78 is 15.5. The first-order chi connectivity index (χ1) is 12.0. The molecule has 1 atom stereocenters. The zero-order valence-corrected chi connectivity index (χ0v) is 15.2. The van der Waals surface area contributed by atoms with Crippen molar-refractivity contribution in [1.82, 2.24) is 20.4 Å². The number of aromatic nitrogens is 2. The highest BCUT2D eigenvalue weighted by Gasteiger charge is 2.34. The van der Waals surface area contributed by atoms with E-state index < -0.39 is 6.04 Å². The lowest BCUT2D eigenvalue weighted by Crippen LogP contribution is -2.47. The maximum Gasteiger partial charge on any atom is 0.317 e. The fourth-order valence-electron chi connectivity index (χ4n) is 2.84. The molecule has 0 unspecified atom stereocenters. The molecule has 9 heteroatoms. The number of urea groups is 1. The van der Waals surface area contributed by atoms with Crippen molar-refractivity contribution >= 4 is 6.03 Å². The number of aliphatic hydroxyl groups is 1. The highest BCUT2D eigenvalue weighted by molar-refractivity contribution is 5.74. The molecule has 1 aromatic rings. The number of amides is 2. The Balaban J connectivity index is 1.88. The number of nitrogens with zero attached hydrogens (tertiary/aromatic N) is 3. The second kappa shape index (κ2) is 9.12. The summed E-state index contributed by atoms with van der Waals surface area (Å²) in [7, 11) is 3.32. The minimum atomic E-state index is -0.404. The molecular weight excluding hydrogens is 328 g/mol. The molecule has 1 aliphatic rings. The second-order valence-electron chi connectivity index (χ2n) is 6.59. The highest BCUT2D eigenvalue weighted by Crippen LogP contribution is 2.30. The fraction of sp³-hybridized carbons (Fsp3) is 0.812. The molecule has 142 valence electrons. The van der Waals surface area contributed by atoms with Crippen LogP contribution in [0.25, 0.3) is 0 Å². The minimum Gasteiger partial charge on any atom is -0.396 e. The van der Waals surface area contributed by atoms with E-state index in [0.29, 0.717) is 44.5 Å². The van der Waals surface area contributed by atoms with E-state index in [1.54, 1.807) is 26.0 Å². The third-order valence-corrected chi connectivity index (χ3v) is 4.53. The fourth-order valence-corrected chi connectivity index (χ4v) is 2.84. The SMILES string of the molecule is COCCc1noc([C@H](C)NC(=O)N(C)CC2(CO)CCOCC2)n1. The van der Waals surface area contributed by atoms with Gasteiger partial charge in [0.05, 0.1) is 13.2 Å². The molecule has 25 heavy (non-hydrogen) atoms. The Morgan fingerprint density at radius 1 is 1.48 bits per heavy atom. The van der Waals surface area contributed by atoms with Crippen LogP contribution in [0.4, 0.5) is 4.79 Å². The topological polar surface area (TPSA) is 110 Å². The van der Waals surface area contributed by atoms with E-state index >= 15 is 0 Å². The van der Waals surface area contributed by atoms with Gasteiger partial charge in [0.1, 0.15) is 6.04 Å². The van der Waals surface area contributed by atoms with E-state index in [1.165, 1.54) is 0 Å². The number of carbonyl (C=O) groups excluding carboxylic acids is 1. The van der Waals surface area contributed by atoms with Gasteiger partial charge in [0.2, 0.25) is 5.89 Å². The third kappa shape index (κ3) is 5.38. The van der Waals surface area contributed by atoms with Gasteiger partial charge in [-0.25, -0.2) is 4.79 Å². The first kappa shape index (κ1) is 19.6. The van der Waals surface area contributed by atoms with Crippen molar-refractivity contribution in [2.75, 3.05) is 47.1 Å². The van der Waals surface area contributed by atoms with Crippen LogP contribution < -0.4 is 5.32 Å². The number of ether oxygens (including phenoxy) is 2. The molecule has 2 amide bonds. The average Bonchev–Trinajstić information content (AvgIpc) is 3.09. The molecule has 1 fully saturated rings. The van der Waals surface area contributed by atoms with Crippen LogP contribution in [-0.2, 0) is 15.9 Å². The predicted molar refractivity (Wildman–Crippen MR) is 89.0 cm³/mol. The van der Waals surface area contributed by atoms with Crippen molar-refractivity contribution in [2.45, 2.75) is 32.2 Å². The monoisotopic (exact) mass is 356 g/mol. The largest absolute Gasteiger partial charge is 0.396 e. The van der Waals surface area contributed by atoms with Crippen LogP contribution in [0, 0.1) is 5.41 Å². The Morgan fingerprint density at radius 2 is 2.20 bits per heavy atom. The summed E-state index contributed by atoms with van der Waals surface area (Å²) in [5, 5.41) is 16.5. The standard InChI is InChI=1S/C16H28N4O5/c1-12(14-18-13(19-25-14)4-7-23-3)17-15(22)20(2)10-16(11-21)5-8-24-9-6-16/h12,21H,4-11H2,1-3H3,(H,17,22)/t12-/m0/s1. The Hall–Kier alpha value is -1.71. The number of rotatable bonds is 8. The summed E-state index contributed by atoms with van der Waals surface area (Å²) in [5.41, 5.74) is -0.300. The summed E-state index contributed by atoms with van der Waals surface area (Å²) in [6.07, 6.45) is 2.04. The van der Waals surface area contributed by atoms with Crippen molar-refractivity contribution in [1.29, 1.82) is 0 Å². The lowest BCUT2D eigenvalue weighted by atomic mass is 9.80. The molecule has 0 saturated carbocycles. The number of hydrogen-bond acceptors (Lipinski definition) is 7. The lowest BCUT2D eigenvalue weighted by Gasteiger charge is -2.38. The summed E-state index contributed by atoms with van der Waals surface area (Å²) in [4.78, 5) is 18.3. The first-order valence-electron chi connectivity index (χ1n) is 8.51. The van der Waals surface area contributed by atoms with Gasteiger partial charge in [-0.1, -0.05) is 5.16 Å². The molecule has 0 aromatic carbocycles. The van der Waals surface area contributed by atoms with Gasteiger partial charge in [0.15, 0.2) is 5.82 Å². The van der Waals surface area contributed by atoms with Crippen LogP contribution in [0.2, 0.25) is 0 Å². The minimum absolute atomic E-state index is 0.0378. The Morgan fingerprint density at radius 3 is 2.84 bits per heavy atom. The number of hydrogen-bond donors (Lipinski definition) is 2. The molecule has 2 N–H and O–H groups in total. The molecule has 1 aromatic heterocycles. The summed E-state index contributed by atoms with van der Waals surface area (Å²) in [6, 6.07) is -0.651. The Bertz CT molecular complexity index is 544. The maximum absolute atomic E-state index is 12.4. The van der Waals surface area contributed by atoms with Gasteiger partial charge in [0, 0.05) is 45.8 Å². The highest BCUT2D eigenvalue weighted by atomic mass is 16.5. The Kier molecular flexibility index (Phi) is 7.15. The van der Waals surface area contributed by atoms with Crippen LogP contribution >= 0.6 is 0 Å². The molecule has 0 radical (unpaired) electrons. The molecule has 0 spiro atoms. The van der Waals surface area contributed by atoms with Crippen LogP contribution in [0.5, 0.6) is 0 Å². The first-order valence-corrected chi connectivity index (χ1v) is 8.51. The molecule has 2 rings (SSSR count). The van der Waals surface area contributed by atoms with Crippen LogP contribution in [0.3, 0.4) is 0 Å². The Labute approximate surface area is 147 Å². The molecule has 0 bridgehead atoms. The molecular formula is C16H28N4O5. The number of methoxy groups -OCH3 is 1. The van der Waals surface area contributed by atoms with Crippen molar-refractivity contribution in [3.05, 3.63) is 11.7 Å². The second-order valence-corrected chi connectivity index (χ2v) is 6.59. The van der Waals surface area contributed by atoms with E-state index in [2.05, 4.69) is 15.5 Å². The molecule has 9 nitrogen and oxygen atoms in total. The van der Waals surface area contributed by atoms with Crippen molar-refractivity contribution in [3.8, 4) is 0 Å². The van der Waals surface area contributed by atoms with Gasteiger partial charge in [-0.2, -0.15) is 4.98 Å². The van der Waals surface area contributed by atoms with E-state index in [1.807, 2.05) is 0 Å². The number of aliphatic hydroxyl groups excluding tert-OH is 1. The maximum atomic E-state index is 12.4. The lowest BCUT2D eigenvalue weighted by molar-refractivity contribution is -0.0262. The zero-order valence-electron chi connectivity index (χ0n) is 15.2. The van der Waals surface area contributed by atoms with Gasteiger partial charge in [-0.05, 0) is 19.8 Å². The van der Waals surface area contributed by atoms with Gasteiger partial charge < -0.3 is 29.3 Å². The molecule has 1 aliphatic heterocycles. The van der Waals surface area contributed by atoms with Crippen molar-refractivity contribution in [2.24, 2.45) is 5.41 Å². The van der Waals surface area contributed by atoms with E-state index in [4.69, 9.17) is 14.0 Å². The van der Waals surface area contributed by atoms with Crippen molar-refractivity contribution in [3.63, 3.8) is 0 Å². The third-order valence-electron chi connectivity index (χ3n) is 4.53. The smallest absolute Gasteiger partial charge is 0.317 e. The molecule has 1 saturated heterocycles. The van der Waals surface area contributed by atoms with Gasteiger partial charge in [-0.15, -0.1) is 0 Å². The molecule has 2 heterocycles. The van der Waals surface area contributed by atoms with Crippen LogP contribution in [0.15, 0.2) is 4.52 Å². The summed E-state index contributed by atoms with van der Waals surface area (Å²) in [5.74, 6) is 0.906. The normalized spacial score (nSPS) is 17.9. The quantitative estimate of drug-likeness (QED) is 0.707. The predicted octanol–water partition coefficient (Wildman–Crippen LogP) is 0.750. The van der Waals surface area contributed by atoms with Crippen LogP contribution in [-0.4, -0.2) is 73.3 Å². The van der Waals surface area contributed by atoms with Gasteiger partial charge in [-0.3, -0.25) is 0 Å². The average molecular weight is 356 g/mol. The number of nitrogens with one attached hydrogen (secondary N) is 1. The van der Waals surface area contributed by atoms with Gasteiger partial charge >= 0.3 is 6.03 Å². The van der Waals surface area contributed by atoms with Crippen LogP contribution in [0.1, 0.15) is 37.5 Å². The number of carbonyl (C=O) groups is 1. The molecule has 0 aliphatic carbocycles.